The number of nitrogens with zero attached hydrogens (tertiary/aromatic N) is 1. The Morgan fingerprint density at radius 3 is 2.27 bits per heavy atom. The van der Waals surface area contributed by atoms with E-state index < -0.39 is 117 Å². The van der Waals surface area contributed by atoms with Gasteiger partial charge in [-0.25, -0.2) is 0 Å². The molecule has 4 heterocycles. The van der Waals surface area contributed by atoms with Crippen LogP contribution in [0.15, 0.2) is 47.5 Å². The highest BCUT2D eigenvalue weighted by Gasteiger charge is 2.53. The number of phenolic OH excluding ortho intramolecular Hbond substituents is 1. The number of phenols is 1. The van der Waals surface area contributed by atoms with Gasteiger partial charge in [-0.05, 0) is 32.8 Å². The second kappa shape index (κ2) is 17.5. The SMILES string of the molecule is CO[C@H]1/C=C/O[C@@]2(C)Oc3c(C)c(O)c4c(c3C2=O)C(=O)C(N2CCC[C@@H](C(N)=O)C2)=C(NC(=O)/C(C)=C\C=C\[C@H](C)[C@H](O)[C@@H](C)[C@H](O)[C@H](C)[C@H](OC(C)=O)[C@@H]1C)C4=O. The Morgan fingerprint density at radius 1 is 0.966 bits per heavy atom. The molecule has 10 atom stereocenters. The van der Waals surface area contributed by atoms with Crippen LogP contribution < -0.4 is 15.8 Å². The number of carbonyl (C=O) groups excluding carboxylic acids is 6. The van der Waals surface area contributed by atoms with Gasteiger partial charge in [0.15, 0.2) is 0 Å². The fraction of sp³-hybridized carbons (Fsp3) is 0.535. The number of piperidine rings is 1. The molecular formula is C43H55N3O13. The van der Waals surface area contributed by atoms with Crippen LogP contribution in [0.5, 0.6) is 11.5 Å². The molecule has 1 aliphatic carbocycles. The summed E-state index contributed by atoms with van der Waals surface area (Å²) in [5.41, 5.74) is 3.69. The van der Waals surface area contributed by atoms with Crippen molar-refractivity contribution in [3.05, 3.63) is 69.8 Å². The van der Waals surface area contributed by atoms with Crippen LogP contribution in [0.3, 0.4) is 0 Å². The van der Waals surface area contributed by atoms with E-state index in [1.54, 1.807) is 33.8 Å². The molecule has 0 spiro atoms. The first-order chi connectivity index (χ1) is 27.7. The quantitative estimate of drug-likeness (QED) is 0.274. The number of aliphatic hydroxyl groups is 2. The fourth-order valence-electron chi connectivity index (χ4n) is 8.39. The normalized spacial score (nSPS) is 34.0. The van der Waals surface area contributed by atoms with Gasteiger partial charge in [0.1, 0.15) is 29.0 Å². The maximum atomic E-state index is 14.8. The van der Waals surface area contributed by atoms with Gasteiger partial charge in [-0.3, -0.25) is 28.8 Å². The van der Waals surface area contributed by atoms with Crippen molar-refractivity contribution in [2.45, 2.75) is 98.4 Å². The number of nitrogens with two attached hydrogens (primary N) is 1. The predicted octanol–water partition coefficient (Wildman–Crippen LogP) is 3.16. The smallest absolute Gasteiger partial charge is 0.312 e. The molecule has 1 aromatic rings. The lowest BCUT2D eigenvalue weighted by molar-refractivity contribution is -0.160. The molecule has 6 rings (SSSR count). The summed E-state index contributed by atoms with van der Waals surface area (Å²) in [7, 11) is 1.41. The van der Waals surface area contributed by atoms with Crippen molar-refractivity contribution in [1.82, 2.24) is 10.2 Å². The van der Waals surface area contributed by atoms with Crippen molar-refractivity contribution >= 4 is 35.1 Å². The molecule has 0 unspecified atom stereocenters. The topological polar surface area (TPSA) is 241 Å². The zero-order valence-electron chi connectivity index (χ0n) is 34.9. The van der Waals surface area contributed by atoms with E-state index in [1.807, 2.05) is 0 Å². The lowest BCUT2D eigenvalue weighted by atomic mass is 9.78. The number of esters is 1. The van der Waals surface area contributed by atoms with E-state index in [0.717, 1.165) is 6.26 Å². The average molecular weight is 822 g/mol. The van der Waals surface area contributed by atoms with Crippen molar-refractivity contribution in [2.24, 2.45) is 35.3 Å². The van der Waals surface area contributed by atoms with Gasteiger partial charge in [0.05, 0.1) is 47.2 Å². The maximum Gasteiger partial charge on any atom is 0.312 e. The van der Waals surface area contributed by atoms with Gasteiger partial charge in [0.25, 0.3) is 11.7 Å². The van der Waals surface area contributed by atoms with Crippen LogP contribution in [0.25, 0.3) is 0 Å². The zero-order valence-corrected chi connectivity index (χ0v) is 34.9. The number of likely N-dealkylation sites (tertiary alicyclic amines) is 1. The Balaban J connectivity index is 1.69. The molecule has 4 aliphatic heterocycles. The van der Waals surface area contributed by atoms with Gasteiger partial charge >= 0.3 is 11.8 Å². The first kappa shape index (κ1) is 44.8. The molecule has 0 aromatic heterocycles. The minimum atomic E-state index is -2.12. The molecule has 5 bridgehead atoms. The number of nitrogens with one attached hydrogen (secondary N) is 1. The van der Waals surface area contributed by atoms with E-state index in [4.69, 9.17) is 24.7 Å². The molecule has 2 amide bonds. The third-order valence-electron chi connectivity index (χ3n) is 12.1. The highest BCUT2D eigenvalue weighted by atomic mass is 16.7. The Bertz CT molecular complexity index is 2050. The number of Topliss-reactive ketones (excluding diaryl/α,β-unsaturated/α-hetero) is 3. The van der Waals surface area contributed by atoms with E-state index in [1.165, 1.54) is 57.9 Å². The van der Waals surface area contributed by atoms with E-state index in [9.17, 15) is 44.1 Å². The number of aliphatic hydroxyl groups excluding tert-OH is 2. The van der Waals surface area contributed by atoms with E-state index in [-0.39, 0.29) is 41.2 Å². The zero-order chi connectivity index (χ0) is 43.8. The Morgan fingerprint density at radius 2 is 1.64 bits per heavy atom. The van der Waals surface area contributed by atoms with E-state index >= 15 is 0 Å². The van der Waals surface area contributed by atoms with Gasteiger partial charge in [0, 0.05) is 68.9 Å². The van der Waals surface area contributed by atoms with Crippen LogP contribution in [-0.4, -0.2) is 106 Å². The summed E-state index contributed by atoms with van der Waals surface area (Å²) in [5.74, 6) is -10.9. The first-order valence-corrected chi connectivity index (χ1v) is 19.7. The number of allylic oxidation sites excluding steroid dienone is 4. The predicted molar refractivity (Wildman–Crippen MR) is 212 cm³/mol. The molecule has 6 N–H and O–H groups in total. The van der Waals surface area contributed by atoms with Crippen LogP contribution in [0.2, 0.25) is 0 Å². The third-order valence-corrected chi connectivity index (χ3v) is 12.1. The van der Waals surface area contributed by atoms with Gasteiger partial charge < -0.3 is 50.2 Å². The Hall–Kier alpha value is -5.32. The second-order valence-corrected chi connectivity index (χ2v) is 16.2. The first-order valence-electron chi connectivity index (χ1n) is 19.7. The fourth-order valence-corrected chi connectivity index (χ4v) is 8.39. The number of ketones is 3. The summed E-state index contributed by atoms with van der Waals surface area (Å²) in [6.45, 7) is 12.4. The molecule has 16 heteroatoms. The van der Waals surface area contributed by atoms with Gasteiger partial charge in [0.2, 0.25) is 17.5 Å². The highest BCUT2D eigenvalue weighted by Crippen LogP contribution is 2.49. The van der Waals surface area contributed by atoms with Crippen LogP contribution in [0.4, 0.5) is 0 Å². The van der Waals surface area contributed by atoms with Crippen LogP contribution in [0.1, 0.15) is 97.9 Å². The number of rotatable bonds is 4. The van der Waals surface area contributed by atoms with Crippen molar-refractivity contribution in [3.63, 3.8) is 0 Å². The Kier molecular flexibility index (Phi) is 13.3. The molecule has 1 aromatic carbocycles. The summed E-state index contributed by atoms with van der Waals surface area (Å²) in [6, 6.07) is 0. The largest absolute Gasteiger partial charge is 0.507 e. The van der Waals surface area contributed by atoms with Crippen molar-refractivity contribution < 1.29 is 63.0 Å². The lowest BCUT2D eigenvalue weighted by Gasteiger charge is -2.38. The minimum Gasteiger partial charge on any atom is -0.507 e. The number of hydrogen-bond donors (Lipinski definition) is 5. The Labute approximate surface area is 343 Å². The molecule has 0 saturated carbocycles. The molecule has 1 saturated heterocycles. The maximum absolute atomic E-state index is 14.8. The molecular weight excluding hydrogens is 766 g/mol. The van der Waals surface area contributed by atoms with Crippen molar-refractivity contribution in [2.75, 3.05) is 20.2 Å². The second-order valence-electron chi connectivity index (χ2n) is 16.2. The number of carbonyl (C=O) groups is 6. The summed E-state index contributed by atoms with van der Waals surface area (Å²) in [4.78, 5) is 83.7. The molecule has 1 fully saturated rings. The van der Waals surface area contributed by atoms with Crippen molar-refractivity contribution in [1.29, 1.82) is 0 Å². The summed E-state index contributed by atoms with van der Waals surface area (Å²) in [6.07, 6.45) is 4.05. The van der Waals surface area contributed by atoms with E-state index in [2.05, 4.69) is 5.32 Å². The van der Waals surface area contributed by atoms with Crippen molar-refractivity contribution in [3.8, 4) is 11.5 Å². The number of benzene rings is 1. The summed E-state index contributed by atoms with van der Waals surface area (Å²) >= 11 is 0. The molecule has 0 radical (unpaired) electrons. The summed E-state index contributed by atoms with van der Waals surface area (Å²) in [5, 5.41) is 37.0. The minimum absolute atomic E-state index is 0.0390. The van der Waals surface area contributed by atoms with Gasteiger partial charge in [-0.1, -0.05) is 45.9 Å². The molecule has 59 heavy (non-hydrogen) atoms. The number of hydrogen-bond acceptors (Lipinski definition) is 14. The van der Waals surface area contributed by atoms with Crippen LogP contribution in [0, 0.1) is 36.5 Å². The standard InChI is InChI=1S/C43H55N3O13/c1-19-12-10-13-20(2)42(55)45-31-32(46-16-11-14-26(18-46)41(44)54)37(52)28-29(36(31)51)35(50)24(6)39-30(28)40(53)43(8,59-39)57-17-15-27(56-9)21(3)38(58-25(7)47)23(5)34(49)22(4)33(19)48/h10,12-13,15,17,19,21-23,26-27,33-34,38,48-50H,11,14,16,18H2,1-9H3,(H2,44,54)(H,45,55)/b12-10+,17-15+,20-13-/t19-,21+,22+,23-,26+,27-,33-,34-,38+,43-/m0/s1. The van der Waals surface area contributed by atoms with Gasteiger partial charge in [-0.15, -0.1) is 0 Å². The molecule has 5 aliphatic rings. The van der Waals surface area contributed by atoms with Crippen LogP contribution in [-0.2, 0) is 28.6 Å². The lowest BCUT2D eigenvalue weighted by Crippen LogP contribution is -2.46. The monoisotopic (exact) mass is 821 g/mol. The van der Waals surface area contributed by atoms with Gasteiger partial charge in [-0.2, -0.15) is 0 Å². The number of aromatic hydroxyl groups is 1. The van der Waals surface area contributed by atoms with Crippen LogP contribution >= 0.6 is 0 Å². The number of primary amides is 1. The summed E-state index contributed by atoms with van der Waals surface area (Å²) < 4.78 is 23.5. The number of methoxy groups -OCH3 is 1. The number of amides is 2. The molecule has 320 valence electrons. The third kappa shape index (κ3) is 8.43. The van der Waals surface area contributed by atoms with E-state index in [0.29, 0.717) is 12.8 Å². The molecule has 16 nitrogen and oxygen atoms in total. The highest BCUT2D eigenvalue weighted by molar-refractivity contribution is 6.32. The average Bonchev–Trinajstić information content (AvgIpc) is 3.46. The number of ether oxygens (including phenoxy) is 4. The number of fused-ring (bicyclic) bond motifs is 14.